The van der Waals surface area contributed by atoms with E-state index in [1.54, 1.807) is 36.2 Å². The lowest BCUT2D eigenvalue weighted by Gasteiger charge is -2.32. The van der Waals surface area contributed by atoms with Gasteiger partial charge in [0.1, 0.15) is 0 Å². The molecular weight excluding hydrogens is 586 g/mol. The van der Waals surface area contributed by atoms with Gasteiger partial charge in [0.2, 0.25) is 11.8 Å². The Bertz CT molecular complexity index is 1700. The minimum atomic E-state index is -1.19. The summed E-state index contributed by atoms with van der Waals surface area (Å²) in [6, 6.07) is 19.6. The second-order valence-corrected chi connectivity index (χ2v) is 10.4. The van der Waals surface area contributed by atoms with Crippen LogP contribution >= 0.6 is 12.4 Å². The second kappa shape index (κ2) is 13.7. The molecular formula is C31H34ClN7O5. The number of fused-ring (bicyclic) bond motifs is 1. The lowest BCUT2D eigenvalue weighted by atomic mass is 10.00. The second-order valence-electron chi connectivity index (χ2n) is 10.4. The van der Waals surface area contributed by atoms with Gasteiger partial charge in [-0.2, -0.15) is 0 Å². The van der Waals surface area contributed by atoms with Crippen molar-refractivity contribution in [2.24, 2.45) is 10.8 Å². The third-order valence-corrected chi connectivity index (χ3v) is 7.61. The number of nitrogens with two attached hydrogens (primary N) is 1. The molecule has 0 atom stereocenters. The summed E-state index contributed by atoms with van der Waals surface area (Å²) in [5, 5.41) is 21.3. The number of amides is 2. The van der Waals surface area contributed by atoms with Crippen molar-refractivity contribution in [3.8, 4) is 5.88 Å². The molecule has 4 aromatic rings. The minimum absolute atomic E-state index is 0. The zero-order valence-corrected chi connectivity index (χ0v) is 25.1. The smallest absolute Gasteiger partial charge is 0.343 e. The Labute approximate surface area is 260 Å². The third kappa shape index (κ3) is 6.58. The summed E-state index contributed by atoms with van der Waals surface area (Å²) in [7, 11) is 3.82. The normalized spacial score (nSPS) is 14.2. The highest BCUT2D eigenvalue weighted by molar-refractivity contribution is 6.23. The Morgan fingerprint density at radius 2 is 1.61 bits per heavy atom. The third-order valence-electron chi connectivity index (χ3n) is 7.61. The molecule has 0 radical (unpaired) electrons. The molecule has 0 bridgehead atoms. The first-order chi connectivity index (χ1) is 20.7. The van der Waals surface area contributed by atoms with Crippen LogP contribution in [0.15, 0.2) is 77.8 Å². The van der Waals surface area contributed by atoms with Crippen LogP contribution in [0.25, 0.3) is 10.9 Å². The zero-order chi connectivity index (χ0) is 30.7. The van der Waals surface area contributed by atoms with Gasteiger partial charge < -0.3 is 20.0 Å². The molecule has 1 fully saturated rings. The van der Waals surface area contributed by atoms with Crippen LogP contribution in [0.5, 0.6) is 5.88 Å². The van der Waals surface area contributed by atoms with Crippen molar-refractivity contribution < 1.29 is 24.6 Å². The van der Waals surface area contributed by atoms with Crippen molar-refractivity contribution in [2.45, 2.75) is 0 Å². The Balaban J connectivity index is 0.00000442. The van der Waals surface area contributed by atoms with Crippen LogP contribution in [0.4, 0.5) is 16.2 Å². The van der Waals surface area contributed by atoms with Crippen LogP contribution in [-0.4, -0.2) is 95.0 Å². The van der Waals surface area contributed by atoms with Gasteiger partial charge in [-0.3, -0.25) is 15.1 Å². The first kappa shape index (κ1) is 32.2. The molecule has 1 saturated heterocycles. The Kier molecular flexibility index (Phi) is 10.0. The number of hydrogen-bond acceptors (Lipinski definition) is 8. The molecule has 2 heterocycles. The van der Waals surface area contributed by atoms with Gasteiger partial charge >= 0.3 is 12.0 Å². The monoisotopic (exact) mass is 619 g/mol. The molecule has 0 aliphatic carbocycles. The number of carbonyl (C=O) groups excluding carboxylic acids is 2. The maximum absolute atomic E-state index is 13.0. The van der Waals surface area contributed by atoms with Crippen LogP contribution in [0.3, 0.4) is 0 Å². The number of benzene rings is 3. The summed E-state index contributed by atoms with van der Waals surface area (Å²) in [4.78, 5) is 48.2. The number of nitrogens with zero attached hydrogens (tertiary/aromatic N) is 5. The van der Waals surface area contributed by atoms with Gasteiger partial charge in [0, 0.05) is 49.9 Å². The van der Waals surface area contributed by atoms with E-state index < -0.39 is 17.9 Å². The summed E-state index contributed by atoms with van der Waals surface area (Å²) < 4.78 is 0.916. The van der Waals surface area contributed by atoms with Crippen molar-refractivity contribution >= 4 is 58.3 Å². The molecule has 0 spiro atoms. The predicted octanol–water partition coefficient (Wildman–Crippen LogP) is 3.28. The molecule has 0 saturated carbocycles. The molecule has 5 N–H and O–H groups in total. The fourth-order valence-corrected chi connectivity index (χ4v) is 5.10. The number of carbonyl (C=O) groups is 3. The van der Waals surface area contributed by atoms with Gasteiger partial charge in [-0.1, -0.05) is 36.4 Å². The van der Waals surface area contributed by atoms with E-state index in [1.165, 1.54) is 18.2 Å². The van der Waals surface area contributed by atoms with E-state index in [2.05, 4.69) is 16.8 Å². The van der Waals surface area contributed by atoms with Gasteiger partial charge in [0.15, 0.2) is 0 Å². The molecule has 1 aromatic heterocycles. The number of carboxylic acids is 1. The topological polar surface area (TPSA) is 157 Å². The average molecular weight is 620 g/mol. The fourth-order valence-electron chi connectivity index (χ4n) is 5.10. The van der Waals surface area contributed by atoms with Crippen LogP contribution in [0, 0.1) is 0 Å². The van der Waals surface area contributed by atoms with E-state index in [9.17, 15) is 24.6 Å². The number of aromatic nitrogens is 1. The molecule has 2 amide bonds. The van der Waals surface area contributed by atoms with E-state index >= 15 is 0 Å². The highest BCUT2D eigenvalue weighted by Gasteiger charge is 2.26. The van der Waals surface area contributed by atoms with Crippen LogP contribution < -0.4 is 16.2 Å². The number of aromatic hydroxyl groups is 1. The van der Waals surface area contributed by atoms with Crippen LogP contribution in [0.2, 0.25) is 0 Å². The summed E-state index contributed by atoms with van der Waals surface area (Å²) >= 11 is 0. The van der Waals surface area contributed by atoms with E-state index in [0.29, 0.717) is 34.6 Å². The number of nitrogen functional groups attached to an aromatic ring is 1. The highest BCUT2D eigenvalue weighted by atomic mass is 35.5. The number of aromatic carboxylic acids is 1. The Morgan fingerprint density at radius 3 is 2.23 bits per heavy atom. The molecule has 1 aliphatic rings. The molecule has 3 aromatic carbocycles. The highest BCUT2D eigenvalue weighted by Crippen LogP contribution is 2.35. The minimum Gasteiger partial charge on any atom is -0.494 e. The Morgan fingerprint density at radius 1 is 0.955 bits per heavy atom. The number of piperazine rings is 1. The number of nitrogens with one attached hydrogen (secondary N) is 1. The quantitative estimate of drug-likeness (QED) is 0.106. The number of hydrazine groups is 1. The van der Waals surface area contributed by atoms with E-state index in [0.717, 1.165) is 30.7 Å². The number of rotatable bonds is 7. The van der Waals surface area contributed by atoms with Gasteiger partial charge in [0.25, 0.3) is 0 Å². The Hall–Kier alpha value is -4.75. The SMILES string of the molecule is CN1CCN(CC(=O)N(C)c2ccc(N=C(c3ccccc3)c3c(O)n(C(=O)NN)c4cc(C(=O)O)ccc34)cc2)CC1.Cl. The van der Waals surface area contributed by atoms with Gasteiger partial charge in [0.05, 0.1) is 34.6 Å². The van der Waals surface area contributed by atoms with Crippen LogP contribution in [0.1, 0.15) is 21.5 Å². The van der Waals surface area contributed by atoms with E-state index in [-0.39, 0.29) is 35.0 Å². The number of halogens is 1. The van der Waals surface area contributed by atoms with Crippen molar-refractivity contribution in [3.63, 3.8) is 0 Å². The number of aliphatic imine (C=N–C) groups is 1. The first-order valence-electron chi connectivity index (χ1n) is 13.7. The number of hydrogen-bond donors (Lipinski definition) is 4. The summed E-state index contributed by atoms with van der Waals surface area (Å²) in [5.41, 5.74) is 4.55. The predicted molar refractivity (Wildman–Crippen MR) is 171 cm³/mol. The largest absolute Gasteiger partial charge is 0.494 e. The summed E-state index contributed by atoms with van der Waals surface area (Å²) in [6.07, 6.45) is 0. The van der Waals surface area contributed by atoms with E-state index in [4.69, 9.17) is 10.8 Å². The average Bonchev–Trinajstić information content (AvgIpc) is 3.31. The van der Waals surface area contributed by atoms with Crippen LogP contribution in [-0.2, 0) is 4.79 Å². The number of carboxylic acid groups (broad SMARTS) is 1. The molecule has 44 heavy (non-hydrogen) atoms. The van der Waals surface area contributed by atoms with Crippen molar-refractivity contribution in [1.29, 1.82) is 0 Å². The lowest BCUT2D eigenvalue weighted by Crippen LogP contribution is -2.48. The molecule has 5 rings (SSSR count). The maximum Gasteiger partial charge on any atom is 0.343 e. The molecule has 1 aliphatic heterocycles. The van der Waals surface area contributed by atoms with E-state index in [1.807, 2.05) is 35.8 Å². The summed E-state index contributed by atoms with van der Waals surface area (Å²) in [5.74, 6) is 3.74. The zero-order valence-electron chi connectivity index (χ0n) is 24.3. The molecule has 230 valence electrons. The van der Waals surface area contributed by atoms with Gasteiger partial charge in [-0.15, -0.1) is 12.4 Å². The summed E-state index contributed by atoms with van der Waals surface area (Å²) in [6.45, 7) is 3.89. The molecule has 13 heteroatoms. The van der Waals surface area contributed by atoms with Crippen molar-refractivity contribution in [3.05, 3.63) is 89.5 Å². The molecule has 0 unspecified atom stereocenters. The first-order valence-corrected chi connectivity index (χ1v) is 13.7. The number of likely N-dealkylation sites (N-methyl/N-ethyl adjacent to an activating group) is 2. The van der Waals surface area contributed by atoms with Gasteiger partial charge in [-0.05, 0) is 43.4 Å². The molecule has 12 nitrogen and oxygen atoms in total. The standard InChI is InChI=1S/C31H33N7O5.ClH/c1-35-14-16-37(17-15-35)19-26(39)36(2)23-11-9-22(10-12-23)33-28(20-6-4-3-5-7-20)27-24-13-8-21(30(41)42)18-25(24)38(29(27)40)31(43)34-32;/h3-13,18,40H,14-17,19,32H2,1-2H3,(H,34,43)(H,41,42);1H. The van der Waals surface area contributed by atoms with Crippen molar-refractivity contribution in [2.75, 3.05) is 51.7 Å². The van der Waals surface area contributed by atoms with Crippen molar-refractivity contribution in [1.82, 2.24) is 19.8 Å². The maximum atomic E-state index is 13.0. The number of anilines is 1. The fraction of sp³-hybridized carbons (Fsp3) is 0.226. The lowest BCUT2D eigenvalue weighted by molar-refractivity contribution is -0.119. The van der Waals surface area contributed by atoms with Gasteiger partial charge in [-0.25, -0.2) is 25.0 Å².